The fraction of sp³-hybridized carbons (Fsp3) is 0.440. The first-order chi connectivity index (χ1) is 16.4. The van der Waals surface area contributed by atoms with Gasteiger partial charge >= 0.3 is 0 Å². The number of amides is 2. The predicted molar refractivity (Wildman–Crippen MR) is 142 cm³/mol. The SMILES string of the molecule is CC[C@H](C)NC(=O)[C@H](CC)N(Cc1c(Cl)cccc1Cl)C(=O)CN(c1ccccc1C)S(C)(=O)=O. The topological polar surface area (TPSA) is 86.8 Å². The standard InChI is InChI=1S/C25H33Cl2N3O4S/c1-6-18(4)28-25(32)22(7-2)29(15-19-20(26)12-10-13-21(19)27)24(31)16-30(35(5,33)34)23-14-9-8-11-17(23)3/h8-14,18,22H,6-7,15-16H2,1-5H3,(H,28,32)/t18-,22-/m0/s1. The van der Waals surface area contributed by atoms with Crippen LogP contribution in [0, 0.1) is 6.92 Å². The third kappa shape index (κ3) is 7.59. The summed E-state index contributed by atoms with van der Waals surface area (Å²) in [5, 5.41) is 3.63. The molecule has 1 N–H and O–H groups in total. The summed E-state index contributed by atoms with van der Waals surface area (Å²) in [6.45, 7) is 6.88. The lowest BCUT2D eigenvalue weighted by atomic mass is 10.1. The van der Waals surface area contributed by atoms with Gasteiger partial charge in [0.25, 0.3) is 0 Å². The highest BCUT2D eigenvalue weighted by atomic mass is 35.5. The highest BCUT2D eigenvalue weighted by molar-refractivity contribution is 7.92. The number of anilines is 1. The number of hydrogen-bond acceptors (Lipinski definition) is 4. The number of halogens is 2. The van der Waals surface area contributed by atoms with Crippen LogP contribution >= 0.6 is 23.2 Å². The highest BCUT2D eigenvalue weighted by Crippen LogP contribution is 2.28. The largest absolute Gasteiger partial charge is 0.352 e. The quantitative estimate of drug-likeness (QED) is 0.443. The molecular formula is C25H33Cl2N3O4S. The maximum absolute atomic E-state index is 13.7. The van der Waals surface area contributed by atoms with Gasteiger partial charge in [-0.15, -0.1) is 0 Å². The normalized spacial score (nSPS) is 13.1. The van der Waals surface area contributed by atoms with Gasteiger partial charge in [0.15, 0.2) is 0 Å². The number of aryl methyl sites for hydroxylation is 1. The zero-order chi connectivity index (χ0) is 26.3. The second-order valence-corrected chi connectivity index (χ2v) is 11.2. The Balaban J connectivity index is 2.52. The molecule has 35 heavy (non-hydrogen) atoms. The van der Waals surface area contributed by atoms with E-state index < -0.39 is 28.5 Å². The molecule has 2 atom stereocenters. The Kier molecular flexibility index (Phi) is 10.4. The molecule has 2 rings (SSSR count). The number of para-hydroxylation sites is 1. The van der Waals surface area contributed by atoms with Crippen LogP contribution in [0.15, 0.2) is 42.5 Å². The molecule has 0 bridgehead atoms. The van der Waals surface area contributed by atoms with Crippen molar-refractivity contribution < 1.29 is 18.0 Å². The van der Waals surface area contributed by atoms with E-state index in [1.54, 1.807) is 56.3 Å². The van der Waals surface area contributed by atoms with Crippen LogP contribution in [-0.2, 0) is 26.2 Å². The van der Waals surface area contributed by atoms with E-state index in [9.17, 15) is 18.0 Å². The number of nitrogens with one attached hydrogen (secondary N) is 1. The average Bonchev–Trinajstić information content (AvgIpc) is 2.78. The lowest BCUT2D eigenvalue weighted by Crippen LogP contribution is -2.53. The Morgan fingerprint density at radius 2 is 1.60 bits per heavy atom. The molecule has 0 aliphatic carbocycles. The van der Waals surface area contributed by atoms with Crippen LogP contribution in [0.2, 0.25) is 10.0 Å². The van der Waals surface area contributed by atoms with E-state index in [4.69, 9.17) is 23.2 Å². The Bertz CT molecular complexity index is 1140. The molecule has 2 aromatic rings. The summed E-state index contributed by atoms with van der Waals surface area (Å²) >= 11 is 12.8. The van der Waals surface area contributed by atoms with Crippen LogP contribution in [0.1, 0.15) is 44.7 Å². The van der Waals surface area contributed by atoms with Gasteiger partial charge in [-0.3, -0.25) is 13.9 Å². The lowest BCUT2D eigenvalue weighted by molar-refractivity contribution is -0.140. The van der Waals surface area contributed by atoms with Gasteiger partial charge in [0.1, 0.15) is 12.6 Å². The minimum atomic E-state index is -3.80. The van der Waals surface area contributed by atoms with E-state index in [0.29, 0.717) is 33.3 Å². The molecule has 0 aromatic heterocycles. The van der Waals surface area contributed by atoms with Crippen molar-refractivity contribution >= 4 is 50.7 Å². The summed E-state index contributed by atoms with van der Waals surface area (Å²) in [6, 6.07) is 11.0. The van der Waals surface area contributed by atoms with E-state index in [2.05, 4.69) is 5.32 Å². The fourth-order valence-corrected chi connectivity index (χ4v) is 5.08. The van der Waals surface area contributed by atoms with Crippen LogP contribution in [0.4, 0.5) is 5.69 Å². The van der Waals surface area contributed by atoms with Crippen molar-refractivity contribution in [2.75, 3.05) is 17.1 Å². The van der Waals surface area contributed by atoms with Gasteiger partial charge in [-0.1, -0.05) is 61.3 Å². The minimum absolute atomic E-state index is 0.0465. The molecule has 0 fully saturated rings. The number of hydrogen-bond donors (Lipinski definition) is 1. The summed E-state index contributed by atoms with van der Waals surface area (Å²) in [4.78, 5) is 28.2. The zero-order valence-corrected chi connectivity index (χ0v) is 23.0. The fourth-order valence-electron chi connectivity index (χ4n) is 3.65. The second kappa shape index (κ2) is 12.6. The molecule has 0 saturated carbocycles. The number of rotatable bonds is 11. The summed E-state index contributed by atoms with van der Waals surface area (Å²) in [6.07, 6.45) is 2.09. The number of carbonyl (C=O) groups excluding carboxylic acids is 2. The highest BCUT2D eigenvalue weighted by Gasteiger charge is 2.33. The molecule has 0 spiro atoms. The summed E-state index contributed by atoms with van der Waals surface area (Å²) < 4.78 is 26.5. The van der Waals surface area contributed by atoms with Crippen molar-refractivity contribution in [3.63, 3.8) is 0 Å². The Morgan fingerprint density at radius 3 is 2.11 bits per heavy atom. The van der Waals surface area contributed by atoms with Gasteiger partial charge in [0.2, 0.25) is 21.8 Å². The van der Waals surface area contributed by atoms with Gasteiger partial charge < -0.3 is 10.2 Å². The van der Waals surface area contributed by atoms with Gasteiger partial charge in [-0.2, -0.15) is 0 Å². The van der Waals surface area contributed by atoms with Gasteiger partial charge in [-0.25, -0.2) is 8.42 Å². The van der Waals surface area contributed by atoms with Crippen molar-refractivity contribution in [3.05, 3.63) is 63.6 Å². The van der Waals surface area contributed by atoms with Crippen LogP contribution in [0.5, 0.6) is 0 Å². The van der Waals surface area contributed by atoms with Crippen molar-refractivity contribution in [1.82, 2.24) is 10.2 Å². The maximum Gasteiger partial charge on any atom is 0.244 e. The van der Waals surface area contributed by atoms with Gasteiger partial charge in [0, 0.05) is 28.2 Å². The molecule has 2 aromatic carbocycles. The Morgan fingerprint density at radius 1 is 1.00 bits per heavy atom. The van der Waals surface area contributed by atoms with Crippen LogP contribution in [0.25, 0.3) is 0 Å². The monoisotopic (exact) mass is 541 g/mol. The van der Waals surface area contributed by atoms with Crippen LogP contribution in [0.3, 0.4) is 0 Å². The van der Waals surface area contributed by atoms with E-state index in [-0.39, 0.29) is 18.5 Å². The molecule has 10 heteroatoms. The number of sulfonamides is 1. The van der Waals surface area contributed by atoms with Crippen molar-refractivity contribution in [1.29, 1.82) is 0 Å². The summed E-state index contributed by atoms with van der Waals surface area (Å²) in [5.41, 5.74) is 1.59. The zero-order valence-electron chi connectivity index (χ0n) is 20.7. The predicted octanol–water partition coefficient (Wildman–Crippen LogP) is 4.79. The van der Waals surface area contributed by atoms with Crippen LogP contribution < -0.4 is 9.62 Å². The molecule has 192 valence electrons. The van der Waals surface area contributed by atoms with Crippen molar-refractivity contribution in [3.8, 4) is 0 Å². The molecule has 0 unspecified atom stereocenters. The first-order valence-electron chi connectivity index (χ1n) is 11.5. The molecule has 0 saturated heterocycles. The third-order valence-electron chi connectivity index (χ3n) is 5.84. The molecule has 0 radical (unpaired) electrons. The third-order valence-corrected chi connectivity index (χ3v) is 7.68. The molecule has 0 aliphatic rings. The van der Waals surface area contributed by atoms with E-state index in [1.807, 2.05) is 13.8 Å². The van der Waals surface area contributed by atoms with E-state index in [1.165, 1.54) is 4.90 Å². The number of nitrogens with zero attached hydrogens (tertiary/aromatic N) is 2. The van der Waals surface area contributed by atoms with Crippen molar-refractivity contribution in [2.45, 2.75) is 59.2 Å². The van der Waals surface area contributed by atoms with Crippen LogP contribution in [-0.4, -0.2) is 50.0 Å². The second-order valence-electron chi connectivity index (χ2n) is 8.52. The molecule has 0 aliphatic heterocycles. The molecular weight excluding hydrogens is 509 g/mol. The summed E-state index contributed by atoms with van der Waals surface area (Å²) in [5.74, 6) is -0.860. The van der Waals surface area contributed by atoms with Crippen molar-refractivity contribution in [2.24, 2.45) is 0 Å². The van der Waals surface area contributed by atoms with Gasteiger partial charge in [-0.05, 0) is 50.5 Å². The molecule has 2 amide bonds. The first-order valence-corrected chi connectivity index (χ1v) is 14.1. The molecule has 0 heterocycles. The lowest BCUT2D eigenvalue weighted by Gasteiger charge is -2.34. The molecule has 7 nitrogen and oxygen atoms in total. The Hall–Kier alpha value is -2.29. The maximum atomic E-state index is 13.7. The summed E-state index contributed by atoms with van der Waals surface area (Å²) in [7, 11) is -3.80. The first kappa shape index (κ1) is 28.9. The number of carbonyl (C=O) groups is 2. The average molecular weight is 543 g/mol. The van der Waals surface area contributed by atoms with E-state index in [0.717, 1.165) is 17.0 Å². The Labute approximate surface area is 218 Å². The smallest absolute Gasteiger partial charge is 0.244 e. The van der Waals surface area contributed by atoms with Gasteiger partial charge in [0.05, 0.1) is 11.9 Å². The minimum Gasteiger partial charge on any atom is -0.352 e. The number of benzene rings is 2. The van der Waals surface area contributed by atoms with E-state index >= 15 is 0 Å².